The molecule has 2 heterocycles. The number of hydrogen-bond donors (Lipinski definition) is 2. The Hall–Kier alpha value is -2.83. The molecule has 1 atom stereocenters. The van der Waals surface area contributed by atoms with Gasteiger partial charge in [-0.2, -0.15) is 5.10 Å². The third kappa shape index (κ3) is 3.10. The van der Waals surface area contributed by atoms with Crippen LogP contribution < -0.4 is 5.32 Å². The first-order valence-electron chi connectivity index (χ1n) is 7.82. The number of hydrogen-bond acceptors (Lipinski definition) is 5. The quantitative estimate of drug-likeness (QED) is 0.831. The van der Waals surface area contributed by atoms with E-state index in [1.54, 1.807) is 12.1 Å². The van der Waals surface area contributed by atoms with Gasteiger partial charge in [0.1, 0.15) is 5.75 Å². The molecule has 1 aliphatic rings. The molecule has 1 aromatic carbocycles. The first-order valence-corrected chi connectivity index (χ1v) is 7.82. The van der Waals surface area contributed by atoms with E-state index in [1.165, 1.54) is 25.4 Å². The second-order valence-electron chi connectivity index (χ2n) is 5.71. The first kappa shape index (κ1) is 16.0. The number of esters is 1. The van der Waals surface area contributed by atoms with Crippen molar-refractivity contribution >= 4 is 11.9 Å². The van der Waals surface area contributed by atoms with Gasteiger partial charge in [-0.25, -0.2) is 4.79 Å². The summed E-state index contributed by atoms with van der Waals surface area (Å²) in [6.45, 7) is 0.801. The van der Waals surface area contributed by atoms with Crippen molar-refractivity contribution in [3.63, 3.8) is 0 Å². The van der Waals surface area contributed by atoms with Gasteiger partial charge in [0, 0.05) is 6.54 Å². The van der Waals surface area contributed by atoms with Crippen LogP contribution in [0.2, 0.25) is 0 Å². The zero-order chi connectivity index (χ0) is 17.1. The number of nitrogens with one attached hydrogen (secondary N) is 1. The normalized spacial score (nSPS) is 14.5. The molecule has 0 spiro atoms. The van der Waals surface area contributed by atoms with Crippen molar-refractivity contribution in [2.45, 2.75) is 31.8 Å². The van der Waals surface area contributed by atoms with E-state index in [1.807, 2.05) is 4.68 Å². The number of ether oxygens (including phenoxy) is 1. The van der Waals surface area contributed by atoms with Crippen molar-refractivity contribution in [2.24, 2.45) is 0 Å². The number of carbonyl (C=O) groups excluding carboxylic acids is 2. The Labute approximate surface area is 139 Å². The molecule has 0 bridgehead atoms. The molecule has 126 valence electrons. The van der Waals surface area contributed by atoms with Crippen molar-refractivity contribution in [1.82, 2.24) is 15.1 Å². The average Bonchev–Trinajstić information content (AvgIpc) is 3.03. The summed E-state index contributed by atoms with van der Waals surface area (Å²) < 4.78 is 6.61. The third-order valence-electron chi connectivity index (χ3n) is 4.14. The molecule has 0 unspecified atom stereocenters. The minimum Gasteiger partial charge on any atom is -0.508 e. The minimum atomic E-state index is -0.992. The van der Waals surface area contributed by atoms with Gasteiger partial charge in [0.05, 0.1) is 24.6 Å². The van der Waals surface area contributed by atoms with E-state index in [-0.39, 0.29) is 11.7 Å². The Morgan fingerprint density at radius 3 is 2.96 bits per heavy atom. The number of nitrogens with zero attached hydrogens (tertiary/aromatic N) is 2. The van der Waals surface area contributed by atoms with Gasteiger partial charge in [-0.3, -0.25) is 9.48 Å². The Morgan fingerprint density at radius 1 is 1.38 bits per heavy atom. The summed E-state index contributed by atoms with van der Waals surface area (Å²) in [5.41, 5.74) is 1.82. The Bertz CT molecular complexity index is 769. The van der Waals surface area contributed by atoms with Gasteiger partial charge in [0.15, 0.2) is 6.04 Å². The van der Waals surface area contributed by atoms with E-state index in [2.05, 4.69) is 10.4 Å². The highest BCUT2D eigenvalue weighted by molar-refractivity contribution is 5.97. The molecule has 3 rings (SSSR count). The largest absolute Gasteiger partial charge is 0.508 e. The van der Waals surface area contributed by atoms with Crippen LogP contribution in [0.25, 0.3) is 0 Å². The first-order chi connectivity index (χ1) is 11.6. The molecule has 2 N–H and O–H groups in total. The van der Waals surface area contributed by atoms with Gasteiger partial charge in [-0.1, -0.05) is 12.1 Å². The topological polar surface area (TPSA) is 93.5 Å². The number of aromatic hydroxyl groups is 1. The maximum atomic E-state index is 12.6. The van der Waals surface area contributed by atoms with Gasteiger partial charge in [0.25, 0.3) is 5.91 Å². The fourth-order valence-corrected chi connectivity index (χ4v) is 2.92. The zero-order valence-electron chi connectivity index (χ0n) is 13.4. The van der Waals surface area contributed by atoms with Crippen LogP contribution in [0.5, 0.6) is 5.75 Å². The van der Waals surface area contributed by atoms with Crippen molar-refractivity contribution in [2.75, 3.05) is 7.11 Å². The smallest absolute Gasteiger partial charge is 0.333 e. The highest BCUT2D eigenvalue weighted by Gasteiger charge is 2.27. The third-order valence-corrected chi connectivity index (χ3v) is 4.14. The van der Waals surface area contributed by atoms with Crippen LogP contribution in [0.4, 0.5) is 0 Å². The van der Waals surface area contributed by atoms with Gasteiger partial charge in [0.2, 0.25) is 0 Å². The van der Waals surface area contributed by atoms with Crippen molar-refractivity contribution in [1.29, 1.82) is 0 Å². The number of benzene rings is 1. The number of phenols is 1. The second kappa shape index (κ2) is 6.74. The number of carbonyl (C=O) groups is 2. The molecule has 0 saturated carbocycles. The summed E-state index contributed by atoms with van der Waals surface area (Å²) >= 11 is 0. The molecule has 0 aliphatic carbocycles. The average molecular weight is 329 g/mol. The van der Waals surface area contributed by atoms with Crippen LogP contribution in [0.1, 0.15) is 40.5 Å². The van der Waals surface area contributed by atoms with E-state index >= 15 is 0 Å². The molecule has 1 amide bonds. The van der Waals surface area contributed by atoms with Crippen LogP contribution >= 0.6 is 0 Å². The summed E-state index contributed by atoms with van der Waals surface area (Å²) in [5.74, 6) is -0.967. The number of methoxy groups -OCH3 is 1. The molecule has 2 aromatic rings. The lowest BCUT2D eigenvalue weighted by molar-refractivity contribution is -0.143. The summed E-state index contributed by atoms with van der Waals surface area (Å²) in [6.07, 6.45) is 4.38. The number of phenolic OH excluding ortho intramolecular Hbond substituents is 1. The van der Waals surface area contributed by atoms with Crippen molar-refractivity contribution in [3.05, 3.63) is 47.3 Å². The fraction of sp³-hybridized carbons (Fsp3) is 0.353. The maximum Gasteiger partial charge on any atom is 0.333 e. The van der Waals surface area contributed by atoms with Crippen molar-refractivity contribution < 1.29 is 19.4 Å². The monoisotopic (exact) mass is 329 g/mol. The highest BCUT2D eigenvalue weighted by Crippen LogP contribution is 2.22. The Morgan fingerprint density at radius 2 is 2.21 bits per heavy atom. The van der Waals surface area contributed by atoms with Crippen LogP contribution in [-0.2, 0) is 22.5 Å². The van der Waals surface area contributed by atoms with Crippen LogP contribution in [-0.4, -0.2) is 33.9 Å². The predicted octanol–water partition coefficient (Wildman–Crippen LogP) is 1.57. The summed E-state index contributed by atoms with van der Waals surface area (Å²) in [5, 5.41) is 16.5. The second-order valence-corrected chi connectivity index (χ2v) is 5.71. The lowest BCUT2D eigenvalue weighted by atomic mass is 10.0. The van der Waals surface area contributed by atoms with Gasteiger partial charge < -0.3 is 15.2 Å². The number of aromatic nitrogens is 2. The van der Waals surface area contributed by atoms with Crippen LogP contribution in [0.3, 0.4) is 0 Å². The van der Waals surface area contributed by atoms with Crippen LogP contribution in [0, 0.1) is 0 Å². The summed E-state index contributed by atoms with van der Waals surface area (Å²) in [6, 6.07) is 5.18. The number of aryl methyl sites for hydroxylation is 1. The zero-order valence-corrected chi connectivity index (χ0v) is 13.4. The van der Waals surface area contributed by atoms with Gasteiger partial charge in [-0.15, -0.1) is 0 Å². The Kier molecular flexibility index (Phi) is 4.50. The number of rotatable bonds is 4. The number of fused-ring (bicyclic) bond motifs is 1. The van der Waals surface area contributed by atoms with Crippen molar-refractivity contribution in [3.8, 4) is 5.75 Å². The Balaban J connectivity index is 1.86. The molecule has 24 heavy (non-hydrogen) atoms. The van der Waals surface area contributed by atoms with E-state index < -0.39 is 12.0 Å². The molecular formula is C17H19N3O4. The molecule has 7 heteroatoms. The van der Waals surface area contributed by atoms with E-state index in [0.29, 0.717) is 11.1 Å². The molecule has 0 radical (unpaired) electrons. The lowest BCUT2D eigenvalue weighted by Crippen LogP contribution is -2.35. The van der Waals surface area contributed by atoms with Gasteiger partial charge in [-0.05, 0) is 37.0 Å². The van der Waals surface area contributed by atoms with Gasteiger partial charge >= 0.3 is 5.97 Å². The van der Waals surface area contributed by atoms with E-state index in [9.17, 15) is 14.7 Å². The molecule has 1 aromatic heterocycles. The highest BCUT2D eigenvalue weighted by atomic mass is 16.5. The lowest BCUT2D eigenvalue weighted by Gasteiger charge is -2.18. The standard InChI is InChI=1S/C17H19N3O4/c1-24-17(23)15(11-5-4-6-12(21)9-11)19-16(22)13-10-18-20-8-3-2-7-14(13)20/h4-6,9-10,15,21H,2-3,7-8H2,1H3,(H,19,22)/t15-/m1/s1. The SMILES string of the molecule is COC(=O)[C@H](NC(=O)c1cnn2c1CCCC2)c1cccc(O)c1. The fourth-order valence-electron chi connectivity index (χ4n) is 2.92. The van der Waals surface area contributed by atoms with Crippen LogP contribution in [0.15, 0.2) is 30.5 Å². The molecule has 7 nitrogen and oxygen atoms in total. The molecular weight excluding hydrogens is 310 g/mol. The molecule has 0 saturated heterocycles. The summed E-state index contributed by atoms with van der Waals surface area (Å²) in [7, 11) is 1.26. The number of amides is 1. The van der Waals surface area contributed by atoms with E-state index in [0.717, 1.165) is 31.5 Å². The van der Waals surface area contributed by atoms with E-state index in [4.69, 9.17) is 4.74 Å². The predicted molar refractivity (Wildman–Crippen MR) is 85.5 cm³/mol. The minimum absolute atomic E-state index is 0.0126. The molecule has 0 fully saturated rings. The molecule has 1 aliphatic heterocycles. The maximum absolute atomic E-state index is 12.6. The summed E-state index contributed by atoms with van der Waals surface area (Å²) in [4.78, 5) is 24.7.